The molecule has 0 radical (unpaired) electrons. The Morgan fingerprint density at radius 1 is 1.05 bits per heavy atom. The number of nitrogens with zero attached hydrogens (tertiary/aromatic N) is 2. The Morgan fingerprint density at radius 3 is 2.02 bits per heavy atom. The Hall–Kier alpha value is -2.87. The molecule has 0 amide bonds. The first-order chi connectivity index (χ1) is 18.4. The summed E-state index contributed by atoms with van der Waals surface area (Å²) in [5.74, 6) is -8.13. The van der Waals surface area contributed by atoms with Gasteiger partial charge in [0.1, 0.15) is 11.3 Å². The van der Waals surface area contributed by atoms with Gasteiger partial charge in [-0.1, -0.05) is 13.8 Å². The van der Waals surface area contributed by atoms with Gasteiger partial charge in [0.2, 0.25) is 5.43 Å². The van der Waals surface area contributed by atoms with Gasteiger partial charge >= 0.3 is 32.7 Å². The summed E-state index contributed by atoms with van der Waals surface area (Å²) in [4.78, 5) is 75.6. The molecule has 1 unspecified atom stereocenters. The molecular formula is C22H27F2N3O11P2. The zero-order valence-electron chi connectivity index (χ0n) is 21.1. The van der Waals surface area contributed by atoms with Crippen LogP contribution in [0.25, 0.3) is 10.9 Å². The second kappa shape index (κ2) is 10.2. The van der Waals surface area contributed by atoms with E-state index >= 15 is 8.78 Å². The minimum absolute atomic E-state index is 0.222. The number of halogens is 2. The molecule has 2 aliphatic rings. The average molecular weight is 609 g/mol. The molecule has 1 saturated heterocycles. The molecule has 0 spiro atoms. The number of ether oxygens (including phenoxy) is 1. The fourth-order valence-corrected chi connectivity index (χ4v) is 7.39. The first kappa shape index (κ1) is 30.1. The van der Waals surface area contributed by atoms with E-state index in [0.29, 0.717) is 12.8 Å². The molecule has 40 heavy (non-hydrogen) atoms. The molecule has 2 aromatic rings. The summed E-state index contributed by atoms with van der Waals surface area (Å²) in [6, 6.07) is -0.331. The van der Waals surface area contributed by atoms with E-state index < -0.39 is 89.9 Å². The van der Waals surface area contributed by atoms with E-state index in [1.807, 2.05) is 0 Å². The molecule has 1 aliphatic heterocycles. The molecule has 18 heteroatoms. The van der Waals surface area contributed by atoms with E-state index in [4.69, 9.17) is 5.73 Å². The van der Waals surface area contributed by atoms with Crippen LogP contribution in [0.3, 0.4) is 0 Å². The normalized spacial score (nSPS) is 22.1. The van der Waals surface area contributed by atoms with E-state index in [1.54, 1.807) is 0 Å². The monoisotopic (exact) mass is 609 g/mol. The van der Waals surface area contributed by atoms with Crippen molar-refractivity contribution >= 4 is 49.4 Å². The second-order valence-corrected chi connectivity index (χ2v) is 14.0. The van der Waals surface area contributed by atoms with E-state index in [-0.39, 0.29) is 24.6 Å². The van der Waals surface area contributed by atoms with Gasteiger partial charge in [-0.05, 0) is 24.7 Å². The zero-order valence-corrected chi connectivity index (χ0v) is 22.9. The largest absolute Gasteiger partial charge is 0.477 e. The van der Waals surface area contributed by atoms with Crippen LogP contribution >= 0.6 is 15.2 Å². The summed E-state index contributed by atoms with van der Waals surface area (Å²) in [5.41, 5.74) is -0.627. The lowest BCUT2D eigenvalue weighted by Crippen LogP contribution is -2.49. The Kier molecular flexibility index (Phi) is 7.67. The number of benzene rings is 1. The number of anilines is 2. The van der Waals surface area contributed by atoms with Crippen molar-refractivity contribution in [1.29, 1.82) is 0 Å². The minimum atomic E-state index is -5.56. The van der Waals surface area contributed by atoms with Crippen molar-refractivity contribution in [3.63, 3.8) is 0 Å². The van der Waals surface area contributed by atoms with Crippen LogP contribution in [0.15, 0.2) is 11.0 Å². The highest BCUT2D eigenvalue weighted by atomic mass is 31.2. The molecule has 2 heterocycles. The number of nitrogen functional groups attached to an aromatic ring is 1. The van der Waals surface area contributed by atoms with Crippen LogP contribution in [-0.4, -0.2) is 59.9 Å². The van der Waals surface area contributed by atoms with Gasteiger partial charge in [-0.2, -0.15) is 0 Å². The van der Waals surface area contributed by atoms with Gasteiger partial charge in [0, 0.05) is 25.3 Å². The summed E-state index contributed by atoms with van der Waals surface area (Å²) >= 11 is 0. The maximum Gasteiger partial charge on any atom is 0.378 e. The predicted molar refractivity (Wildman–Crippen MR) is 136 cm³/mol. The van der Waals surface area contributed by atoms with Crippen molar-refractivity contribution in [3.05, 3.63) is 33.6 Å². The summed E-state index contributed by atoms with van der Waals surface area (Å²) in [7, 11) is -11.1. The van der Waals surface area contributed by atoms with Crippen LogP contribution in [0.5, 0.6) is 0 Å². The third-order valence-electron chi connectivity index (χ3n) is 7.16. The minimum Gasteiger partial charge on any atom is -0.477 e. The number of carbonyl (C=O) groups is 2. The summed E-state index contributed by atoms with van der Waals surface area (Å²) in [6.07, 6.45) is 2.13. The third-order valence-corrected chi connectivity index (χ3v) is 10.3. The number of nitrogens with two attached hydrogens (primary N) is 1. The number of esters is 1. The van der Waals surface area contributed by atoms with Gasteiger partial charge < -0.3 is 44.6 Å². The number of hydrogen-bond acceptors (Lipinski definition) is 8. The fraction of sp³-hybridized carbons (Fsp3) is 0.500. The van der Waals surface area contributed by atoms with Crippen LogP contribution in [-0.2, 0) is 18.7 Å². The van der Waals surface area contributed by atoms with Crippen LogP contribution in [0, 0.1) is 29.4 Å². The van der Waals surface area contributed by atoms with Crippen LogP contribution in [0.2, 0.25) is 0 Å². The predicted octanol–water partition coefficient (Wildman–Crippen LogP) is 1.79. The van der Waals surface area contributed by atoms with Gasteiger partial charge in [0.05, 0.1) is 22.5 Å². The third kappa shape index (κ3) is 5.27. The molecule has 0 bridgehead atoms. The van der Waals surface area contributed by atoms with Crippen molar-refractivity contribution in [2.75, 3.05) is 23.7 Å². The lowest BCUT2D eigenvalue weighted by atomic mass is 9.79. The van der Waals surface area contributed by atoms with Gasteiger partial charge in [-0.15, -0.1) is 0 Å². The van der Waals surface area contributed by atoms with E-state index in [1.165, 1.54) is 23.3 Å². The standard InChI is InChI=1S/C22H27F2N3O11P2/c1-8-5-26(6-9(2)12(8)21(31)38-22(39(32,33)34)40(35,36)37)18-14(23)16(25)13-17(15(18)24)27(10-3-4-10)7-11(19(13)28)20(29)30/h7-10,12,22H,3-6,25H2,1-2H3,(H,29,30)(H2,32,33,34)(H2,35,36,37)/t8-,9+,12?. The Bertz CT molecular complexity index is 1530. The summed E-state index contributed by atoms with van der Waals surface area (Å²) in [5, 5.41) is 8.83. The maximum atomic E-state index is 16.1. The zero-order chi connectivity index (χ0) is 30.1. The molecule has 7 N–H and O–H groups in total. The molecular weight excluding hydrogens is 582 g/mol. The van der Waals surface area contributed by atoms with Gasteiger partial charge in [-0.25, -0.2) is 13.6 Å². The number of carbonyl (C=O) groups excluding carboxylic acids is 1. The number of hydrogen-bond donors (Lipinski definition) is 6. The van der Waals surface area contributed by atoms with E-state index in [9.17, 15) is 48.2 Å². The number of aromatic nitrogens is 1. The first-order valence-corrected chi connectivity index (χ1v) is 15.4. The fourth-order valence-electron chi connectivity index (χ4n) is 5.34. The van der Waals surface area contributed by atoms with Crippen LogP contribution < -0.4 is 16.1 Å². The quantitative estimate of drug-likeness (QED) is 0.150. The molecule has 1 aromatic heterocycles. The highest BCUT2D eigenvalue weighted by Crippen LogP contribution is 2.60. The Morgan fingerprint density at radius 2 is 1.57 bits per heavy atom. The second-order valence-electron chi connectivity index (χ2n) is 10.3. The van der Waals surface area contributed by atoms with Gasteiger partial charge in [0.15, 0.2) is 11.6 Å². The highest BCUT2D eigenvalue weighted by molar-refractivity contribution is 7.70. The van der Waals surface area contributed by atoms with Gasteiger partial charge in [-0.3, -0.25) is 18.7 Å². The molecule has 3 atom stereocenters. The molecule has 2 fully saturated rings. The van der Waals surface area contributed by atoms with Crippen LogP contribution in [0.1, 0.15) is 43.1 Å². The maximum absolute atomic E-state index is 16.1. The smallest absolute Gasteiger partial charge is 0.378 e. The molecule has 1 aromatic carbocycles. The lowest BCUT2D eigenvalue weighted by molar-refractivity contribution is -0.153. The lowest BCUT2D eigenvalue weighted by Gasteiger charge is -2.42. The van der Waals surface area contributed by atoms with Crippen molar-refractivity contribution in [3.8, 4) is 0 Å². The average Bonchev–Trinajstić information content (AvgIpc) is 3.64. The van der Waals surface area contributed by atoms with E-state index in [0.717, 1.165) is 6.20 Å². The first-order valence-electron chi connectivity index (χ1n) is 12.0. The SMILES string of the molecule is C[C@@H]1CN(c2c(F)c(N)c3c(=O)c(C(=O)O)cn(C4CC4)c3c2F)C[C@H](C)C1C(=O)OC(P(=O)(O)O)P(=O)(O)O. The van der Waals surface area contributed by atoms with Crippen molar-refractivity contribution < 1.29 is 56.9 Å². The Labute approximate surface area is 224 Å². The number of carboxylic acids is 1. The highest BCUT2D eigenvalue weighted by Gasteiger charge is 2.49. The molecule has 4 rings (SSSR count). The number of rotatable bonds is 7. The molecule has 14 nitrogen and oxygen atoms in total. The van der Waals surface area contributed by atoms with Crippen LogP contribution in [0.4, 0.5) is 20.2 Å². The molecule has 1 aliphatic carbocycles. The Balaban J connectivity index is 1.74. The van der Waals surface area contributed by atoms with Crippen molar-refractivity contribution in [2.24, 2.45) is 17.8 Å². The number of pyridine rings is 1. The summed E-state index contributed by atoms with van der Waals surface area (Å²) in [6.45, 7) is 2.50. The topological polar surface area (TPSA) is 230 Å². The number of fused-ring (bicyclic) bond motifs is 1. The number of carboxylic acid groups (broad SMARTS) is 1. The van der Waals surface area contributed by atoms with Crippen molar-refractivity contribution in [2.45, 2.75) is 38.3 Å². The number of aromatic carboxylic acids is 1. The number of piperidine rings is 1. The molecule has 220 valence electrons. The summed E-state index contributed by atoms with van der Waals surface area (Å²) < 4.78 is 60.6. The van der Waals surface area contributed by atoms with Gasteiger partial charge in [0.25, 0.3) is 0 Å². The van der Waals surface area contributed by atoms with E-state index in [2.05, 4.69) is 4.74 Å². The van der Waals surface area contributed by atoms with Crippen molar-refractivity contribution in [1.82, 2.24) is 4.57 Å². The molecule has 1 saturated carbocycles.